The van der Waals surface area contributed by atoms with Crippen molar-refractivity contribution < 1.29 is 28.6 Å². The Labute approximate surface area is 376 Å². The van der Waals surface area contributed by atoms with Crippen molar-refractivity contribution in [1.29, 1.82) is 0 Å². The second-order valence-corrected chi connectivity index (χ2v) is 16.7. The molecule has 0 aliphatic heterocycles. The van der Waals surface area contributed by atoms with Crippen molar-refractivity contribution in [2.24, 2.45) is 0 Å². The summed E-state index contributed by atoms with van der Waals surface area (Å²) in [5.41, 5.74) is 0. The Hall–Kier alpha value is -3.15. The van der Waals surface area contributed by atoms with Gasteiger partial charge in [-0.05, 0) is 70.6 Å². The highest BCUT2D eigenvalue weighted by molar-refractivity contribution is 5.71. The summed E-state index contributed by atoms with van der Waals surface area (Å²) in [6, 6.07) is 0. The fourth-order valence-corrected chi connectivity index (χ4v) is 6.99. The van der Waals surface area contributed by atoms with Gasteiger partial charge >= 0.3 is 17.9 Å². The second kappa shape index (κ2) is 49.5. The summed E-state index contributed by atoms with van der Waals surface area (Å²) in [6.07, 6.45) is 61.7. The summed E-state index contributed by atoms with van der Waals surface area (Å²) in [6.45, 7) is 6.37. The Balaban J connectivity index is 4.42. The van der Waals surface area contributed by atoms with E-state index in [9.17, 15) is 14.4 Å². The van der Waals surface area contributed by atoms with Gasteiger partial charge in [0, 0.05) is 19.3 Å². The fourth-order valence-electron chi connectivity index (χ4n) is 6.99. The number of unbranched alkanes of at least 4 members (excludes halogenated alkanes) is 24. The molecular weight excluding hydrogens is 757 g/mol. The smallest absolute Gasteiger partial charge is 0.306 e. The van der Waals surface area contributed by atoms with Crippen molar-refractivity contribution >= 4 is 17.9 Å². The van der Waals surface area contributed by atoms with Crippen molar-refractivity contribution in [2.75, 3.05) is 13.2 Å². The Morgan fingerprint density at radius 3 is 1.18 bits per heavy atom. The summed E-state index contributed by atoms with van der Waals surface area (Å²) >= 11 is 0. The first kappa shape index (κ1) is 57.9. The molecule has 0 N–H and O–H groups in total. The third-order valence-electron chi connectivity index (χ3n) is 10.8. The third-order valence-corrected chi connectivity index (χ3v) is 10.8. The Morgan fingerprint density at radius 1 is 0.361 bits per heavy atom. The van der Waals surface area contributed by atoms with Crippen LogP contribution in [-0.4, -0.2) is 37.2 Å². The van der Waals surface area contributed by atoms with E-state index in [-0.39, 0.29) is 31.1 Å². The summed E-state index contributed by atoms with van der Waals surface area (Å²) in [5, 5.41) is 0. The van der Waals surface area contributed by atoms with Crippen molar-refractivity contribution in [3.05, 3.63) is 72.9 Å². The summed E-state index contributed by atoms with van der Waals surface area (Å²) in [5.74, 6) is -0.917. The molecular formula is C55H94O6. The van der Waals surface area contributed by atoms with Crippen LogP contribution in [0, 0.1) is 0 Å². The van der Waals surface area contributed by atoms with Gasteiger partial charge in [0.1, 0.15) is 13.2 Å². The molecule has 0 fully saturated rings. The van der Waals surface area contributed by atoms with E-state index in [1.54, 1.807) is 0 Å². The molecule has 0 radical (unpaired) electrons. The number of allylic oxidation sites excluding steroid dienone is 12. The van der Waals surface area contributed by atoms with Gasteiger partial charge in [-0.2, -0.15) is 0 Å². The molecule has 0 bridgehead atoms. The van der Waals surface area contributed by atoms with E-state index >= 15 is 0 Å². The zero-order valence-corrected chi connectivity index (χ0v) is 39.9. The molecule has 0 spiro atoms. The van der Waals surface area contributed by atoms with Crippen LogP contribution in [-0.2, 0) is 28.6 Å². The largest absolute Gasteiger partial charge is 0.462 e. The van der Waals surface area contributed by atoms with E-state index < -0.39 is 6.10 Å². The van der Waals surface area contributed by atoms with Crippen LogP contribution < -0.4 is 0 Å². The number of carbonyl (C=O) groups excluding carboxylic acids is 3. The summed E-state index contributed by atoms with van der Waals surface area (Å²) in [4.78, 5) is 37.9. The van der Waals surface area contributed by atoms with Crippen LogP contribution in [0.4, 0.5) is 0 Å². The standard InChI is InChI=1S/C55H94O6/c1-4-7-10-13-16-19-22-25-27-28-31-33-36-39-42-45-48-54(57)60-51-52(50-59-53(56)47-44-41-38-35-32-29-24-21-18-15-12-9-6-3)61-55(58)49-46-43-40-37-34-30-26-23-20-17-14-11-8-5-2/h7,9-10,12,15-16,18-19,21,24-25,27,52H,4-6,8,11,13-14,17,20,22-23,26,28-51H2,1-3H3/b10-7-,12-9-,18-15-,19-16-,24-21-,27-25-. The molecule has 0 aliphatic rings. The molecule has 0 aromatic heterocycles. The average molecular weight is 851 g/mol. The van der Waals surface area contributed by atoms with Gasteiger partial charge in [-0.1, -0.05) is 222 Å². The van der Waals surface area contributed by atoms with E-state index in [1.807, 2.05) is 0 Å². The molecule has 0 amide bonds. The monoisotopic (exact) mass is 851 g/mol. The van der Waals surface area contributed by atoms with E-state index in [2.05, 4.69) is 93.7 Å². The highest BCUT2D eigenvalue weighted by Crippen LogP contribution is 2.15. The lowest BCUT2D eigenvalue weighted by Crippen LogP contribution is -2.30. The molecule has 0 heterocycles. The Morgan fingerprint density at radius 2 is 0.721 bits per heavy atom. The lowest BCUT2D eigenvalue weighted by atomic mass is 10.0. The van der Waals surface area contributed by atoms with Crippen LogP contribution in [0.2, 0.25) is 0 Å². The highest BCUT2D eigenvalue weighted by Gasteiger charge is 2.19. The van der Waals surface area contributed by atoms with Gasteiger partial charge in [0.05, 0.1) is 0 Å². The van der Waals surface area contributed by atoms with Gasteiger partial charge in [0.25, 0.3) is 0 Å². The van der Waals surface area contributed by atoms with Gasteiger partial charge in [-0.25, -0.2) is 0 Å². The molecule has 0 saturated carbocycles. The third kappa shape index (κ3) is 47.7. The molecule has 0 aliphatic carbocycles. The predicted molar refractivity (Wildman–Crippen MR) is 261 cm³/mol. The minimum Gasteiger partial charge on any atom is -0.462 e. The molecule has 0 aromatic rings. The number of rotatable bonds is 45. The lowest BCUT2D eigenvalue weighted by molar-refractivity contribution is -0.167. The van der Waals surface area contributed by atoms with Gasteiger partial charge in [-0.3, -0.25) is 14.4 Å². The van der Waals surface area contributed by atoms with E-state index in [1.165, 1.54) is 89.9 Å². The molecule has 0 rings (SSSR count). The number of hydrogen-bond donors (Lipinski definition) is 0. The minimum absolute atomic E-state index is 0.0878. The summed E-state index contributed by atoms with van der Waals surface area (Å²) < 4.78 is 16.8. The molecule has 350 valence electrons. The van der Waals surface area contributed by atoms with Gasteiger partial charge in [-0.15, -0.1) is 0 Å². The quantitative estimate of drug-likeness (QED) is 0.0200. The van der Waals surface area contributed by atoms with Gasteiger partial charge in [0.15, 0.2) is 6.10 Å². The Bertz CT molecular complexity index is 1160. The molecule has 1 atom stereocenters. The van der Waals surface area contributed by atoms with Gasteiger partial charge in [0.2, 0.25) is 0 Å². The molecule has 0 saturated heterocycles. The zero-order valence-electron chi connectivity index (χ0n) is 39.9. The van der Waals surface area contributed by atoms with Gasteiger partial charge < -0.3 is 14.2 Å². The van der Waals surface area contributed by atoms with Crippen LogP contribution in [0.1, 0.15) is 239 Å². The predicted octanol–water partition coefficient (Wildman–Crippen LogP) is 16.6. The topological polar surface area (TPSA) is 78.9 Å². The summed E-state index contributed by atoms with van der Waals surface area (Å²) in [7, 11) is 0. The average Bonchev–Trinajstić information content (AvgIpc) is 3.26. The minimum atomic E-state index is -0.786. The van der Waals surface area contributed by atoms with Crippen LogP contribution in [0.5, 0.6) is 0 Å². The van der Waals surface area contributed by atoms with Crippen molar-refractivity contribution in [1.82, 2.24) is 0 Å². The number of carbonyl (C=O) groups is 3. The highest BCUT2D eigenvalue weighted by atomic mass is 16.6. The van der Waals surface area contributed by atoms with Crippen LogP contribution in [0.25, 0.3) is 0 Å². The first-order valence-corrected chi connectivity index (χ1v) is 25.5. The maximum atomic E-state index is 12.8. The van der Waals surface area contributed by atoms with Crippen molar-refractivity contribution in [2.45, 2.75) is 245 Å². The Kier molecular flexibility index (Phi) is 46.9. The van der Waals surface area contributed by atoms with Crippen LogP contribution in [0.15, 0.2) is 72.9 Å². The molecule has 6 heteroatoms. The normalized spacial score (nSPS) is 12.6. The lowest BCUT2D eigenvalue weighted by Gasteiger charge is -2.18. The molecule has 61 heavy (non-hydrogen) atoms. The first-order chi connectivity index (χ1) is 30.0. The molecule has 0 aromatic carbocycles. The maximum absolute atomic E-state index is 12.8. The van der Waals surface area contributed by atoms with Crippen molar-refractivity contribution in [3.8, 4) is 0 Å². The van der Waals surface area contributed by atoms with E-state index in [0.717, 1.165) is 109 Å². The van der Waals surface area contributed by atoms with E-state index in [0.29, 0.717) is 19.3 Å². The first-order valence-electron chi connectivity index (χ1n) is 25.5. The molecule has 6 nitrogen and oxygen atoms in total. The number of ether oxygens (including phenoxy) is 3. The maximum Gasteiger partial charge on any atom is 0.306 e. The van der Waals surface area contributed by atoms with E-state index in [4.69, 9.17) is 14.2 Å². The number of esters is 3. The van der Waals surface area contributed by atoms with Crippen molar-refractivity contribution in [3.63, 3.8) is 0 Å². The molecule has 1 unspecified atom stereocenters. The zero-order chi connectivity index (χ0) is 44.4. The fraction of sp³-hybridized carbons (Fsp3) is 0.727. The number of hydrogen-bond acceptors (Lipinski definition) is 6. The second-order valence-electron chi connectivity index (χ2n) is 16.7. The van der Waals surface area contributed by atoms with Crippen LogP contribution >= 0.6 is 0 Å². The van der Waals surface area contributed by atoms with Crippen LogP contribution in [0.3, 0.4) is 0 Å². The SMILES string of the molecule is CC\C=C/C=C\C=C/CCCCCCCC(=O)OCC(COC(=O)CCCCCCCC/C=C\C/C=C\C/C=C\CC)OC(=O)CCCCCCCCCCCCCCCC.